The Morgan fingerprint density at radius 2 is 1.13 bits per heavy atom. The molecular formula is C16H18ClN3O8S3. The summed E-state index contributed by atoms with van der Waals surface area (Å²) in [6.45, 7) is 2.16. The number of sulfonamides is 2. The summed E-state index contributed by atoms with van der Waals surface area (Å²) >= 11 is 0. The summed E-state index contributed by atoms with van der Waals surface area (Å²) in [5, 5.41) is 0. The van der Waals surface area contributed by atoms with E-state index in [-0.39, 0.29) is 14.7 Å². The van der Waals surface area contributed by atoms with Crippen molar-refractivity contribution in [3.8, 4) is 0 Å². The van der Waals surface area contributed by atoms with Crippen LogP contribution in [0.3, 0.4) is 0 Å². The summed E-state index contributed by atoms with van der Waals surface area (Å²) < 4.78 is 71.5. The molecule has 0 aromatic heterocycles. The molecule has 0 aliphatic heterocycles. The first kappa shape index (κ1) is 26.4. The number of benzene rings is 2. The molecule has 0 radical (unpaired) electrons. The van der Waals surface area contributed by atoms with Crippen LogP contribution in [0.2, 0.25) is 0 Å². The minimum absolute atomic E-state index is 0.0206. The van der Waals surface area contributed by atoms with Crippen LogP contribution in [-0.2, 0) is 38.7 Å². The van der Waals surface area contributed by atoms with Gasteiger partial charge < -0.3 is 5.73 Å². The van der Waals surface area contributed by atoms with E-state index in [1.54, 1.807) is 10.8 Å². The lowest BCUT2D eigenvalue weighted by Gasteiger charge is -2.05. The number of halogens is 1. The SMILES string of the molecule is CC(=O)NS(=O)(=O)c1cccc(N)c1.CC(=O)NS(=O)(=O)c1cccc(S(=O)(=O)Cl)c1. The molecule has 11 nitrogen and oxygen atoms in total. The molecule has 0 saturated carbocycles. The first-order chi connectivity index (χ1) is 14.0. The second-order valence-corrected chi connectivity index (χ2v) is 11.7. The van der Waals surface area contributed by atoms with Crippen LogP contribution in [0.5, 0.6) is 0 Å². The summed E-state index contributed by atoms with van der Waals surface area (Å²) in [5.41, 5.74) is 5.74. The van der Waals surface area contributed by atoms with Crippen LogP contribution in [-0.4, -0.2) is 37.1 Å². The number of hydrogen-bond donors (Lipinski definition) is 3. The van der Waals surface area contributed by atoms with Crippen molar-refractivity contribution >= 4 is 57.3 Å². The molecule has 4 N–H and O–H groups in total. The van der Waals surface area contributed by atoms with Gasteiger partial charge in [0.05, 0.1) is 14.7 Å². The van der Waals surface area contributed by atoms with E-state index in [9.17, 15) is 34.8 Å². The van der Waals surface area contributed by atoms with E-state index in [2.05, 4.69) is 0 Å². The van der Waals surface area contributed by atoms with Crippen LogP contribution in [0.1, 0.15) is 13.8 Å². The summed E-state index contributed by atoms with van der Waals surface area (Å²) in [5.74, 6) is -1.41. The van der Waals surface area contributed by atoms with Crippen molar-refractivity contribution in [3.05, 3.63) is 48.5 Å². The Labute approximate surface area is 184 Å². The van der Waals surface area contributed by atoms with E-state index in [0.29, 0.717) is 5.69 Å². The highest BCUT2D eigenvalue weighted by Gasteiger charge is 2.19. The second-order valence-electron chi connectivity index (χ2n) is 5.81. The largest absolute Gasteiger partial charge is 0.399 e. The Balaban J connectivity index is 0.000000316. The number of hydrogen-bond acceptors (Lipinski definition) is 9. The van der Waals surface area contributed by atoms with Gasteiger partial charge in [0.25, 0.3) is 29.1 Å². The molecule has 0 fully saturated rings. The van der Waals surface area contributed by atoms with Gasteiger partial charge in [-0.1, -0.05) is 12.1 Å². The number of nitrogen functional groups attached to an aromatic ring is 1. The van der Waals surface area contributed by atoms with Gasteiger partial charge in [-0.2, -0.15) is 0 Å². The van der Waals surface area contributed by atoms with Gasteiger partial charge in [0.1, 0.15) is 0 Å². The number of carbonyl (C=O) groups is 2. The molecular weight excluding hydrogens is 494 g/mol. The van der Waals surface area contributed by atoms with Crippen LogP contribution < -0.4 is 15.2 Å². The summed E-state index contributed by atoms with van der Waals surface area (Å²) in [4.78, 5) is 20.5. The third kappa shape index (κ3) is 8.53. The quantitative estimate of drug-likeness (QED) is 0.380. The predicted octanol–water partition coefficient (Wildman–Crippen LogP) is 0.532. The zero-order valence-electron chi connectivity index (χ0n) is 16.1. The first-order valence-corrected chi connectivity index (χ1v) is 13.3. The number of amides is 2. The Bertz CT molecular complexity index is 1310. The number of carbonyl (C=O) groups excluding carboxylic acids is 2. The molecule has 15 heteroatoms. The Kier molecular flexibility index (Phi) is 8.57. The number of anilines is 1. The van der Waals surface area contributed by atoms with E-state index in [1.807, 2.05) is 4.72 Å². The van der Waals surface area contributed by atoms with Crippen LogP contribution in [0.15, 0.2) is 63.2 Å². The van der Waals surface area contributed by atoms with Crippen LogP contribution in [0.25, 0.3) is 0 Å². The van der Waals surface area contributed by atoms with Crippen LogP contribution in [0.4, 0.5) is 5.69 Å². The van der Waals surface area contributed by atoms with Crippen molar-refractivity contribution in [3.63, 3.8) is 0 Å². The fourth-order valence-corrected chi connectivity index (χ4v) is 4.92. The minimum atomic E-state index is -4.06. The molecule has 31 heavy (non-hydrogen) atoms. The summed E-state index contributed by atoms with van der Waals surface area (Å²) in [6, 6.07) is 10.1. The maximum absolute atomic E-state index is 11.6. The molecule has 0 saturated heterocycles. The third-order valence-corrected chi connectivity index (χ3v) is 7.33. The van der Waals surface area contributed by atoms with Gasteiger partial charge in [-0.25, -0.2) is 34.7 Å². The lowest BCUT2D eigenvalue weighted by atomic mass is 10.3. The average molecular weight is 512 g/mol. The van der Waals surface area contributed by atoms with Crippen molar-refractivity contribution in [2.75, 3.05) is 5.73 Å². The second kappa shape index (κ2) is 10.1. The average Bonchev–Trinajstić information content (AvgIpc) is 2.59. The maximum Gasteiger partial charge on any atom is 0.264 e. The standard InChI is InChI=1S/C8H8ClNO5S2.C8H10N2O3S/c1-6(11)10-17(14,15)8-4-2-3-7(5-8)16(9,12)13;1-6(11)10-14(12,13)8-4-2-3-7(9)5-8/h2-5H,1H3,(H,10,11);2-5H,9H2,1H3,(H,10,11). The predicted molar refractivity (Wildman–Crippen MR) is 112 cm³/mol. The van der Waals surface area contributed by atoms with Crippen molar-refractivity contribution in [2.45, 2.75) is 28.5 Å². The zero-order valence-corrected chi connectivity index (χ0v) is 19.3. The molecule has 0 unspecified atom stereocenters. The fourth-order valence-electron chi connectivity index (χ4n) is 1.97. The Morgan fingerprint density at radius 3 is 1.52 bits per heavy atom. The van der Waals surface area contributed by atoms with Crippen molar-refractivity contribution in [2.24, 2.45) is 0 Å². The topological polar surface area (TPSA) is 187 Å². The Morgan fingerprint density at radius 1 is 0.742 bits per heavy atom. The highest BCUT2D eigenvalue weighted by molar-refractivity contribution is 8.13. The number of rotatable bonds is 5. The van der Waals surface area contributed by atoms with Gasteiger partial charge in [-0.3, -0.25) is 9.59 Å². The minimum Gasteiger partial charge on any atom is -0.399 e. The number of nitrogens with two attached hydrogens (primary N) is 1. The highest BCUT2D eigenvalue weighted by Crippen LogP contribution is 2.18. The molecule has 170 valence electrons. The first-order valence-electron chi connectivity index (χ1n) is 8.01. The monoisotopic (exact) mass is 511 g/mol. The number of nitrogens with one attached hydrogen (secondary N) is 2. The van der Waals surface area contributed by atoms with E-state index in [1.165, 1.54) is 24.3 Å². The molecule has 0 bridgehead atoms. The Hall–Kier alpha value is -2.68. The fraction of sp³-hybridized carbons (Fsp3) is 0.125. The summed E-state index contributed by atoms with van der Waals surface area (Å²) in [7, 11) is -6.77. The smallest absolute Gasteiger partial charge is 0.264 e. The molecule has 2 aromatic carbocycles. The van der Waals surface area contributed by atoms with Crippen LogP contribution >= 0.6 is 10.7 Å². The van der Waals surface area contributed by atoms with Crippen molar-refractivity contribution < 1.29 is 34.8 Å². The summed E-state index contributed by atoms with van der Waals surface area (Å²) in [6.07, 6.45) is 0. The molecule has 0 aliphatic rings. The van der Waals surface area contributed by atoms with Gasteiger partial charge in [0.2, 0.25) is 11.8 Å². The molecule has 0 aliphatic carbocycles. The molecule has 0 heterocycles. The van der Waals surface area contributed by atoms with Gasteiger partial charge >= 0.3 is 0 Å². The van der Waals surface area contributed by atoms with E-state index >= 15 is 0 Å². The van der Waals surface area contributed by atoms with E-state index < -0.39 is 40.9 Å². The van der Waals surface area contributed by atoms with Gasteiger partial charge in [-0.15, -0.1) is 0 Å². The third-order valence-electron chi connectivity index (χ3n) is 3.12. The van der Waals surface area contributed by atoms with Gasteiger partial charge in [-0.05, 0) is 36.4 Å². The van der Waals surface area contributed by atoms with E-state index in [0.717, 1.165) is 32.0 Å². The molecule has 0 spiro atoms. The molecule has 0 atom stereocenters. The highest BCUT2D eigenvalue weighted by atomic mass is 35.7. The zero-order chi connectivity index (χ0) is 24.0. The molecule has 2 amide bonds. The molecule has 2 rings (SSSR count). The maximum atomic E-state index is 11.6. The van der Waals surface area contributed by atoms with E-state index in [4.69, 9.17) is 16.4 Å². The van der Waals surface area contributed by atoms with Gasteiger partial charge in [0, 0.05) is 30.2 Å². The lowest BCUT2D eigenvalue weighted by Crippen LogP contribution is -2.28. The lowest BCUT2D eigenvalue weighted by molar-refractivity contribution is -0.118. The van der Waals surface area contributed by atoms with Crippen molar-refractivity contribution in [1.29, 1.82) is 0 Å². The normalized spacial score (nSPS) is 11.6. The van der Waals surface area contributed by atoms with Crippen molar-refractivity contribution in [1.82, 2.24) is 9.44 Å². The van der Waals surface area contributed by atoms with Gasteiger partial charge in [0.15, 0.2) is 0 Å². The van der Waals surface area contributed by atoms with Crippen LogP contribution in [0, 0.1) is 0 Å². The molecule has 2 aromatic rings.